The second-order valence-electron chi connectivity index (χ2n) is 7.06. The average molecular weight is 441 g/mol. The number of hydrogen-bond donors (Lipinski definition) is 2. The molecule has 0 unspecified atom stereocenters. The fourth-order valence-corrected chi connectivity index (χ4v) is 3.31. The van der Waals surface area contributed by atoms with Crippen molar-refractivity contribution >= 4 is 17.5 Å². The van der Waals surface area contributed by atoms with E-state index in [9.17, 15) is 4.79 Å². The van der Waals surface area contributed by atoms with Crippen molar-refractivity contribution in [3.8, 4) is 28.6 Å². The SMILES string of the molecule is CNc1nccc(-c2cccnc2Oc2cccc(C(=O)Nc3ccccc3OC)c2C)n1. The first-order valence-electron chi connectivity index (χ1n) is 10.3. The third-order valence-electron chi connectivity index (χ3n) is 5.02. The summed E-state index contributed by atoms with van der Waals surface area (Å²) in [6.07, 6.45) is 3.31. The van der Waals surface area contributed by atoms with Crippen molar-refractivity contribution in [3.63, 3.8) is 0 Å². The molecule has 0 saturated heterocycles. The van der Waals surface area contributed by atoms with E-state index in [0.717, 1.165) is 0 Å². The van der Waals surface area contributed by atoms with Gasteiger partial charge in [-0.3, -0.25) is 4.79 Å². The van der Waals surface area contributed by atoms with Crippen molar-refractivity contribution in [1.82, 2.24) is 15.0 Å². The van der Waals surface area contributed by atoms with Crippen molar-refractivity contribution < 1.29 is 14.3 Å². The molecule has 2 aromatic carbocycles. The molecule has 4 aromatic rings. The van der Waals surface area contributed by atoms with E-state index >= 15 is 0 Å². The highest BCUT2D eigenvalue weighted by Crippen LogP contribution is 2.33. The molecule has 8 heteroatoms. The number of carbonyl (C=O) groups excluding carboxylic acids is 1. The largest absolute Gasteiger partial charge is 0.495 e. The summed E-state index contributed by atoms with van der Waals surface area (Å²) in [6, 6.07) is 18.0. The standard InChI is InChI=1S/C25H23N5O3/c1-16-17(23(31)29-20-10-4-5-11-22(20)32-3)8-6-12-21(16)33-24-18(9-7-14-27-24)19-13-15-28-25(26-2)30-19/h4-15H,1-3H3,(H,29,31)(H,26,28,30). The number of methoxy groups -OCH3 is 1. The minimum atomic E-state index is -0.266. The van der Waals surface area contributed by atoms with Crippen LogP contribution in [0.25, 0.3) is 11.3 Å². The molecular weight excluding hydrogens is 418 g/mol. The Morgan fingerprint density at radius 2 is 1.73 bits per heavy atom. The van der Waals surface area contributed by atoms with Gasteiger partial charge in [-0.25, -0.2) is 15.0 Å². The van der Waals surface area contributed by atoms with E-state index in [4.69, 9.17) is 9.47 Å². The van der Waals surface area contributed by atoms with Gasteiger partial charge in [0.15, 0.2) is 0 Å². The number of rotatable bonds is 7. The van der Waals surface area contributed by atoms with Gasteiger partial charge in [0.1, 0.15) is 11.5 Å². The van der Waals surface area contributed by atoms with Crippen LogP contribution in [0.1, 0.15) is 15.9 Å². The smallest absolute Gasteiger partial charge is 0.256 e. The molecule has 0 saturated carbocycles. The van der Waals surface area contributed by atoms with Gasteiger partial charge in [0.25, 0.3) is 5.91 Å². The zero-order chi connectivity index (χ0) is 23.2. The van der Waals surface area contributed by atoms with Gasteiger partial charge in [-0.05, 0) is 49.4 Å². The van der Waals surface area contributed by atoms with Crippen molar-refractivity contribution in [3.05, 3.63) is 84.2 Å². The summed E-state index contributed by atoms with van der Waals surface area (Å²) < 4.78 is 11.5. The molecule has 0 radical (unpaired) electrons. The van der Waals surface area contributed by atoms with Crippen molar-refractivity contribution in [1.29, 1.82) is 0 Å². The number of para-hydroxylation sites is 2. The zero-order valence-electron chi connectivity index (χ0n) is 18.5. The fourth-order valence-electron chi connectivity index (χ4n) is 3.31. The highest BCUT2D eigenvalue weighted by molar-refractivity contribution is 6.06. The Hall–Kier alpha value is -4.46. The minimum absolute atomic E-state index is 0.266. The van der Waals surface area contributed by atoms with E-state index < -0.39 is 0 Å². The Labute approximate surface area is 191 Å². The van der Waals surface area contributed by atoms with Crippen LogP contribution < -0.4 is 20.1 Å². The van der Waals surface area contributed by atoms with Crippen molar-refractivity contribution in [2.24, 2.45) is 0 Å². The second kappa shape index (κ2) is 9.78. The van der Waals surface area contributed by atoms with E-state index in [1.54, 1.807) is 62.9 Å². The molecule has 0 atom stereocenters. The van der Waals surface area contributed by atoms with Crippen LogP contribution in [0.15, 0.2) is 73.1 Å². The molecule has 166 valence electrons. The average Bonchev–Trinajstić information content (AvgIpc) is 2.86. The number of nitrogens with one attached hydrogen (secondary N) is 2. The van der Waals surface area contributed by atoms with Gasteiger partial charge in [-0.1, -0.05) is 18.2 Å². The summed E-state index contributed by atoms with van der Waals surface area (Å²) in [5.74, 6) is 1.71. The van der Waals surface area contributed by atoms with Crippen LogP contribution in [-0.2, 0) is 0 Å². The molecule has 2 aromatic heterocycles. The molecule has 0 aliphatic rings. The number of nitrogens with zero attached hydrogens (tertiary/aromatic N) is 3. The first kappa shape index (κ1) is 21.8. The van der Waals surface area contributed by atoms with Gasteiger partial charge in [0.2, 0.25) is 11.8 Å². The Kier molecular flexibility index (Phi) is 6.45. The lowest BCUT2D eigenvalue weighted by Crippen LogP contribution is -2.14. The van der Waals surface area contributed by atoms with E-state index in [0.29, 0.717) is 51.4 Å². The first-order valence-corrected chi connectivity index (χ1v) is 10.3. The fraction of sp³-hybridized carbons (Fsp3) is 0.120. The zero-order valence-corrected chi connectivity index (χ0v) is 18.5. The molecule has 0 aliphatic carbocycles. The lowest BCUT2D eigenvalue weighted by atomic mass is 10.1. The summed E-state index contributed by atoms with van der Waals surface area (Å²) in [6.45, 7) is 1.83. The van der Waals surface area contributed by atoms with Gasteiger partial charge in [-0.2, -0.15) is 0 Å². The monoisotopic (exact) mass is 441 g/mol. The van der Waals surface area contributed by atoms with Gasteiger partial charge < -0.3 is 20.1 Å². The van der Waals surface area contributed by atoms with Gasteiger partial charge in [0, 0.05) is 30.6 Å². The van der Waals surface area contributed by atoms with Crippen molar-refractivity contribution in [2.75, 3.05) is 24.8 Å². The van der Waals surface area contributed by atoms with Crippen LogP contribution in [0, 0.1) is 6.92 Å². The molecule has 8 nitrogen and oxygen atoms in total. The van der Waals surface area contributed by atoms with E-state index in [1.165, 1.54) is 0 Å². The maximum Gasteiger partial charge on any atom is 0.256 e. The quantitative estimate of drug-likeness (QED) is 0.419. The van der Waals surface area contributed by atoms with Crippen LogP contribution in [0.3, 0.4) is 0 Å². The van der Waals surface area contributed by atoms with Gasteiger partial charge in [-0.15, -0.1) is 0 Å². The van der Waals surface area contributed by atoms with Crippen LogP contribution in [0.4, 0.5) is 11.6 Å². The molecule has 0 bridgehead atoms. The number of anilines is 2. The molecule has 1 amide bonds. The Morgan fingerprint density at radius 3 is 2.55 bits per heavy atom. The van der Waals surface area contributed by atoms with Gasteiger partial charge >= 0.3 is 0 Å². The third-order valence-corrected chi connectivity index (χ3v) is 5.02. The summed E-state index contributed by atoms with van der Waals surface area (Å²) >= 11 is 0. The van der Waals surface area contributed by atoms with Crippen LogP contribution in [0.5, 0.6) is 17.4 Å². The van der Waals surface area contributed by atoms with Crippen LogP contribution in [-0.4, -0.2) is 35.0 Å². The van der Waals surface area contributed by atoms with E-state index in [1.807, 2.05) is 31.2 Å². The summed E-state index contributed by atoms with van der Waals surface area (Å²) in [4.78, 5) is 26.0. The number of carbonyl (C=O) groups is 1. The second-order valence-corrected chi connectivity index (χ2v) is 7.06. The number of amides is 1. The normalized spacial score (nSPS) is 10.4. The molecule has 0 spiro atoms. The molecule has 2 N–H and O–H groups in total. The highest BCUT2D eigenvalue weighted by Gasteiger charge is 2.17. The Bertz CT molecular complexity index is 1290. The van der Waals surface area contributed by atoms with Gasteiger partial charge in [0.05, 0.1) is 24.1 Å². The Balaban J connectivity index is 1.63. The number of ether oxygens (including phenoxy) is 2. The predicted octanol–water partition coefficient (Wildman–Crippen LogP) is 4.94. The summed E-state index contributed by atoms with van der Waals surface area (Å²) in [5, 5.41) is 5.83. The number of aromatic nitrogens is 3. The molecule has 33 heavy (non-hydrogen) atoms. The maximum atomic E-state index is 13.0. The first-order chi connectivity index (χ1) is 16.1. The summed E-state index contributed by atoms with van der Waals surface area (Å²) in [7, 11) is 3.32. The summed E-state index contributed by atoms with van der Waals surface area (Å²) in [5.41, 5.74) is 3.13. The third kappa shape index (κ3) is 4.74. The number of hydrogen-bond acceptors (Lipinski definition) is 7. The molecule has 0 aliphatic heterocycles. The van der Waals surface area contributed by atoms with E-state index in [-0.39, 0.29) is 5.91 Å². The highest BCUT2D eigenvalue weighted by atomic mass is 16.5. The minimum Gasteiger partial charge on any atom is -0.495 e. The number of pyridine rings is 1. The molecule has 0 fully saturated rings. The van der Waals surface area contributed by atoms with Crippen molar-refractivity contribution in [2.45, 2.75) is 6.92 Å². The van der Waals surface area contributed by atoms with E-state index in [2.05, 4.69) is 25.6 Å². The molecular formula is C25H23N5O3. The topological polar surface area (TPSA) is 98.3 Å². The maximum absolute atomic E-state index is 13.0. The van der Waals surface area contributed by atoms with Crippen LogP contribution >= 0.6 is 0 Å². The Morgan fingerprint density at radius 1 is 0.909 bits per heavy atom. The predicted molar refractivity (Wildman–Crippen MR) is 127 cm³/mol. The number of benzene rings is 2. The van der Waals surface area contributed by atoms with Crippen LogP contribution in [0.2, 0.25) is 0 Å². The lowest BCUT2D eigenvalue weighted by Gasteiger charge is -2.15. The molecule has 4 rings (SSSR count). The lowest BCUT2D eigenvalue weighted by molar-refractivity contribution is 0.102. The molecule has 2 heterocycles.